The number of nitrogens with zero attached hydrogens (tertiary/aromatic N) is 1. The van der Waals surface area contributed by atoms with E-state index in [2.05, 4.69) is 10.6 Å². The molecule has 18 nitrogen and oxygen atoms in total. The molecule has 5 fully saturated rings. The van der Waals surface area contributed by atoms with Crippen LogP contribution in [0.5, 0.6) is 0 Å². The van der Waals surface area contributed by atoms with Crippen LogP contribution in [0, 0.1) is 5.41 Å². The second-order valence-corrected chi connectivity index (χ2v) is 15.8. The van der Waals surface area contributed by atoms with Crippen molar-refractivity contribution in [3.8, 4) is 0 Å². The number of ether oxygens (including phenoxy) is 5. The summed E-state index contributed by atoms with van der Waals surface area (Å²) in [7, 11) is 0. The molecule has 8 N–H and O–H groups in total. The monoisotopic (exact) mass is 811 g/mol. The molecule has 2 aromatic rings. The van der Waals surface area contributed by atoms with Gasteiger partial charge in [-0.25, -0.2) is 0 Å². The van der Waals surface area contributed by atoms with Crippen LogP contribution in [0.15, 0.2) is 54.6 Å². The highest BCUT2D eigenvalue weighted by atomic mass is 16.8. The zero-order chi connectivity index (χ0) is 40.9. The molecule has 2 aliphatic carbocycles. The highest BCUT2D eigenvalue weighted by Crippen LogP contribution is 2.58. The van der Waals surface area contributed by atoms with Gasteiger partial charge in [0.2, 0.25) is 11.8 Å². The van der Waals surface area contributed by atoms with Crippen LogP contribution in [0.1, 0.15) is 35.6 Å². The normalized spacial score (nSPS) is 35.7. The van der Waals surface area contributed by atoms with Crippen molar-refractivity contribution in [1.29, 1.82) is 0 Å². The Morgan fingerprint density at radius 3 is 2.38 bits per heavy atom. The Bertz CT molecular complexity index is 1850. The Kier molecular flexibility index (Phi) is 11.5. The van der Waals surface area contributed by atoms with E-state index in [1.807, 2.05) is 48.5 Å². The maximum absolute atomic E-state index is 14.7. The molecule has 2 aromatic carbocycles. The average Bonchev–Trinajstić information content (AvgIpc) is 3.89. The van der Waals surface area contributed by atoms with Gasteiger partial charge in [-0.1, -0.05) is 60.7 Å². The van der Waals surface area contributed by atoms with Crippen molar-refractivity contribution in [3.63, 3.8) is 0 Å². The Morgan fingerprint density at radius 2 is 1.71 bits per heavy atom. The number of aliphatic hydroxyl groups excluding tert-OH is 6. The van der Waals surface area contributed by atoms with Gasteiger partial charge >= 0.3 is 5.97 Å². The molecule has 8 rings (SSSR count). The van der Waals surface area contributed by atoms with Crippen molar-refractivity contribution in [3.05, 3.63) is 76.9 Å². The minimum Gasteiger partial charge on any atom is -0.458 e. The van der Waals surface area contributed by atoms with Crippen LogP contribution in [-0.2, 0) is 62.3 Å². The summed E-state index contributed by atoms with van der Waals surface area (Å²) in [5.74, 6) is -3.17. The van der Waals surface area contributed by atoms with Crippen molar-refractivity contribution >= 4 is 23.9 Å². The van der Waals surface area contributed by atoms with E-state index in [1.54, 1.807) is 12.2 Å². The van der Waals surface area contributed by atoms with Crippen LogP contribution < -0.4 is 10.6 Å². The molecule has 2 bridgehead atoms. The fourth-order valence-electron chi connectivity index (χ4n) is 9.18. The van der Waals surface area contributed by atoms with Gasteiger partial charge in [0.05, 0.1) is 32.5 Å². The predicted octanol–water partition coefficient (Wildman–Crippen LogP) is -2.43. The summed E-state index contributed by atoms with van der Waals surface area (Å²) in [6, 6.07) is 12.5. The lowest BCUT2D eigenvalue weighted by atomic mass is 9.62. The van der Waals surface area contributed by atoms with Gasteiger partial charge in [0.1, 0.15) is 60.3 Å². The Balaban J connectivity index is 1.02. The Hall–Kier alpha value is -3.89. The van der Waals surface area contributed by atoms with Crippen LogP contribution in [0.2, 0.25) is 0 Å². The first kappa shape index (κ1) is 40.9. The molecule has 6 aliphatic rings. The summed E-state index contributed by atoms with van der Waals surface area (Å²) < 4.78 is 30.4. The first-order valence-corrected chi connectivity index (χ1v) is 19.5. The van der Waals surface area contributed by atoms with E-state index in [4.69, 9.17) is 28.5 Å². The third kappa shape index (κ3) is 7.24. The number of hydroxylamine groups is 2. The molecule has 4 heterocycles. The molecule has 13 atom stereocenters. The minimum absolute atomic E-state index is 0.00365. The fourth-order valence-corrected chi connectivity index (χ4v) is 9.18. The molecule has 0 radical (unpaired) electrons. The van der Waals surface area contributed by atoms with Gasteiger partial charge in [0, 0.05) is 25.8 Å². The quantitative estimate of drug-likeness (QED) is 0.0980. The van der Waals surface area contributed by atoms with Gasteiger partial charge in [-0.15, -0.1) is 0 Å². The number of rotatable bonds is 13. The number of nitrogens with one attached hydrogen (secondary N) is 2. The Labute approximate surface area is 333 Å². The van der Waals surface area contributed by atoms with E-state index in [0.717, 1.165) is 16.7 Å². The topological polar surface area (TPSA) is 255 Å². The Morgan fingerprint density at radius 1 is 1.00 bits per heavy atom. The van der Waals surface area contributed by atoms with Gasteiger partial charge in [-0.3, -0.25) is 19.2 Å². The van der Waals surface area contributed by atoms with E-state index < -0.39 is 109 Å². The first-order valence-electron chi connectivity index (χ1n) is 19.5. The standard InChI is InChI=1S/C40H49N3O15/c1-20(46)27(35(50)41-12-13-44)42-38(52)40-17-25-31-32(57-39(56-31)15-23-6-2-3-7-24(23)16-39)34(40)58-43(33(40)36(51)54-25)18-22-10-8-21(9-11-22)5-4-14-53-37-30(49)29(48)28(47)26(19-45)55-37/h2-11,20,25-34,37,44-49H,12-19H2,1H3,(H,41,50)(H,42,52)/t20-,25+,26+,27+,28-,29-,30+,31-,32-,33-,34+,37-,40-/m0/s1. The van der Waals surface area contributed by atoms with Crippen molar-refractivity contribution in [2.24, 2.45) is 5.41 Å². The number of fused-ring (bicyclic) bond motifs is 5. The maximum Gasteiger partial charge on any atom is 0.327 e. The average molecular weight is 812 g/mol. The van der Waals surface area contributed by atoms with E-state index in [-0.39, 0.29) is 32.7 Å². The zero-order valence-electron chi connectivity index (χ0n) is 31.7. The lowest BCUT2D eigenvalue weighted by Gasteiger charge is -2.49. The largest absolute Gasteiger partial charge is 0.458 e. The summed E-state index contributed by atoms with van der Waals surface area (Å²) in [5, 5.41) is 66.1. The van der Waals surface area contributed by atoms with Crippen LogP contribution in [-0.4, -0.2) is 159 Å². The lowest BCUT2D eigenvalue weighted by Crippen LogP contribution is -2.71. The van der Waals surface area contributed by atoms with Crippen LogP contribution in [0.3, 0.4) is 0 Å². The molecule has 1 spiro atoms. The highest BCUT2D eigenvalue weighted by molar-refractivity contribution is 5.96. The van der Waals surface area contributed by atoms with E-state index in [0.29, 0.717) is 18.4 Å². The van der Waals surface area contributed by atoms with Gasteiger partial charge < -0.3 is 65.0 Å². The molecule has 4 aliphatic heterocycles. The molecule has 1 saturated carbocycles. The molecule has 58 heavy (non-hydrogen) atoms. The molecule has 0 aromatic heterocycles. The number of amides is 2. The van der Waals surface area contributed by atoms with Crippen molar-refractivity contribution in [2.75, 3.05) is 26.4 Å². The molecule has 0 unspecified atom stereocenters. The number of aliphatic hydroxyl groups is 6. The van der Waals surface area contributed by atoms with Gasteiger partial charge in [-0.05, 0) is 29.2 Å². The van der Waals surface area contributed by atoms with Crippen molar-refractivity contribution in [1.82, 2.24) is 15.7 Å². The number of benzene rings is 2. The third-order valence-electron chi connectivity index (χ3n) is 12.0. The summed E-state index contributed by atoms with van der Waals surface area (Å²) in [4.78, 5) is 48.5. The molecule has 2 amide bonds. The molecule has 18 heteroatoms. The second-order valence-electron chi connectivity index (χ2n) is 15.8. The summed E-state index contributed by atoms with van der Waals surface area (Å²) in [6.07, 6.45) is -7.44. The van der Waals surface area contributed by atoms with Crippen LogP contribution in [0.4, 0.5) is 0 Å². The lowest BCUT2D eigenvalue weighted by molar-refractivity contribution is -0.298. The summed E-state index contributed by atoms with van der Waals surface area (Å²) in [6.45, 7) is 0.368. The van der Waals surface area contributed by atoms with E-state index >= 15 is 0 Å². The number of carbonyl (C=O) groups is 3. The molecule has 314 valence electrons. The third-order valence-corrected chi connectivity index (χ3v) is 12.0. The fraction of sp³-hybridized carbons (Fsp3) is 0.575. The minimum atomic E-state index is -1.62. The number of hydrogen-bond donors (Lipinski definition) is 8. The second kappa shape index (κ2) is 16.3. The van der Waals surface area contributed by atoms with E-state index in [9.17, 15) is 45.0 Å². The van der Waals surface area contributed by atoms with Gasteiger partial charge in [-0.2, -0.15) is 5.06 Å². The number of carbonyl (C=O) groups excluding carboxylic acids is 3. The van der Waals surface area contributed by atoms with Crippen molar-refractivity contribution < 1.29 is 73.5 Å². The first-order chi connectivity index (χ1) is 27.9. The molecule has 4 saturated heterocycles. The SMILES string of the molecule is C[C@H](O)[C@@H](NC(=O)[C@@]12C[C@H]3OC(=O)[C@@H]1N(Cc1ccc(C=CCO[C@H]4O[C@H](CO)[C@H](O)[C@H](O)[C@H]4O)cc1)O[C@@H]2[C@H]1OC2(Cc4ccccc4C2)O[C@H]13)C(=O)NCCO. The van der Waals surface area contributed by atoms with Crippen molar-refractivity contribution in [2.45, 2.75) is 112 Å². The predicted molar refractivity (Wildman–Crippen MR) is 196 cm³/mol. The molecular weight excluding hydrogens is 762 g/mol. The number of hydrogen-bond acceptors (Lipinski definition) is 16. The smallest absolute Gasteiger partial charge is 0.327 e. The van der Waals surface area contributed by atoms with Crippen LogP contribution >= 0.6 is 0 Å². The van der Waals surface area contributed by atoms with Gasteiger partial charge in [0.25, 0.3) is 0 Å². The van der Waals surface area contributed by atoms with Crippen LogP contribution in [0.25, 0.3) is 6.08 Å². The summed E-state index contributed by atoms with van der Waals surface area (Å²) >= 11 is 0. The van der Waals surface area contributed by atoms with Gasteiger partial charge in [0.15, 0.2) is 18.1 Å². The highest BCUT2D eigenvalue weighted by Gasteiger charge is 2.76. The molecular formula is C40H49N3O15. The number of esters is 1. The van der Waals surface area contributed by atoms with E-state index in [1.165, 1.54) is 12.0 Å². The summed E-state index contributed by atoms with van der Waals surface area (Å²) in [5.41, 5.74) is 1.99. The maximum atomic E-state index is 14.7. The zero-order valence-corrected chi connectivity index (χ0v) is 31.7.